The van der Waals surface area contributed by atoms with Crippen LogP contribution in [0.25, 0.3) is 11.1 Å². The van der Waals surface area contributed by atoms with E-state index in [1.54, 1.807) is 23.9 Å². The highest BCUT2D eigenvalue weighted by Crippen LogP contribution is 2.41. The molecule has 3 rings (SSSR count). The van der Waals surface area contributed by atoms with Crippen LogP contribution >= 0.6 is 11.8 Å². The lowest BCUT2D eigenvalue weighted by Crippen LogP contribution is -2.06. The van der Waals surface area contributed by atoms with E-state index in [9.17, 15) is 13.9 Å². The van der Waals surface area contributed by atoms with Crippen LogP contribution in [0.5, 0.6) is 11.5 Å². The summed E-state index contributed by atoms with van der Waals surface area (Å²) in [5.74, 6) is -0.620. The molecule has 1 unspecified atom stereocenters. The molecule has 28 heavy (non-hydrogen) atoms. The third-order valence-electron chi connectivity index (χ3n) is 4.51. The molecule has 146 valence electrons. The van der Waals surface area contributed by atoms with Gasteiger partial charge >= 0.3 is 0 Å². The maximum atomic E-state index is 14.3. The Morgan fingerprint density at radius 3 is 2.07 bits per heavy atom. The topological polar surface area (TPSA) is 38.7 Å². The van der Waals surface area contributed by atoms with Gasteiger partial charge < -0.3 is 14.6 Å². The molecule has 0 spiro atoms. The molecule has 0 saturated heterocycles. The third-order valence-corrected chi connectivity index (χ3v) is 5.25. The predicted molar refractivity (Wildman–Crippen MR) is 107 cm³/mol. The van der Waals surface area contributed by atoms with Gasteiger partial charge in [0.05, 0.1) is 14.2 Å². The Hall–Kier alpha value is -2.57. The van der Waals surface area contributed by atoms with Crippen LogP contribution in [0.2, 0.25) is 0 Å². The second-order valence-corrected chi connectivity index (χ2v) is 6.97. The maximum Gasteiger partial charge on any atom is 0.161 e. The lowest BCUT2D eigenvalue weighted by Gasteiger charge is -2.20. The standard InChI is InChI=1S/C22H20F2O3S/c1-26-20-11-17(13-4-7-15(28-3)8-5-13)18(12-21(20)27-2)22(25)16-9-6-14(23)10-19(16)24/h4-12,22,25H,1-3H3. The number of ether oxygens (including phenoxy) is 2. The second-order valence-electron chi connectivity index (χ2n) is 6.09. The van der Waals surface area contributed by atoms with Crippen molar-refractivity contribution in [1.29, 1.82) is 0 Å². The molecule has 0 heterocycles. The first-order valence-corrected chi connectivity index (χ1v) is 9.74. The lowest BCUT2D eigenvalue weighted by molar-refractivity contribution is 0.214. The van der Waals surface area contributed by atoms with E-state index >= 15 is 0 Å². The van der Waals surface area contributed by atoms with Crippen LogP contribution in [0.15, 0.2) is 59.5 Å². The second kappa shape index (κ2) is 8.63. The van der Waals surface area contributed by atoms with Crippen LogP contribution in [-0.2, 0) is 0 Å². The van der Waals surface area contributed by atoms with Crippen LogP contribution < -0.4 is 9.47 Å². The van der Waals surface area contributed by atoms with Crippen molar-refractivity contribution >= 4 is 11.8 Å². The highest BCUT2D eigenvalue weighted by molar-refractivity contribution is 7.98. The quantitative estimate of drug-likeness (QED) is 0.556. The largest absolute Gasteiger partial charge is 0.493 e. The Balaban J connectivity index is 2.19. The minimum Gasteiger partial charge on any atom is -0.493 e. The summed E-state index contributed by atoms with van der Waals surface area (Å²) in [4.78, 5) is 1.09. The van der Waals surface area contributed by atoms with Crippen molar-refractivity contribution < 1.29 is 23.4 Å². The van der Waals surface area contributed by atoms with E-state index in [0.717, 1.165) is 22.6 Å². The zero-order valence-corrected chi connectivity index (χ0v) is 16.5. The summed E-state index contributed by atoms with van der Waals surface area (Å²) >= 11 is 1.62. The number of hydrogen-bond acceptors (Lipinski definition) is 4. The van der Waals surface area contributed by atoms with Crippen LogP contribution in [0.4, 0.5) is 8.78 Å². The van der Waals surface area contributed by atoms with Crippen LogP contribution in [0.3, 0.4) is 0 Å². The molecule has 1 atom stereocenters. The first-order valence-electron chi connectivity index (χ1n) is 8.51. The summed E-state index contributed by atoms with van der Waals surface area (Å²) in [5, 5.41) is 10.9. The SMILES string of the molecule is COc1cc(-c2ccc(SC)cc2)c(C(O)c2ccc(F)cc2F)cc1OC. The van der Waals surface area contributed by atoms with Gasteiger partial charge in [0.15, 0.2) is 11.5 Å². The van der Waals surface area contributed by atoms with E-state index < -0.39 is 17.7 Å². The van der Waals surface area contributed by atoms with E-state index in [4.69, 9.17) is 9.47 Å². The molecule has 3 nitrogen and oxygen atoms in total. The number of aliphatic hydroxyl groups excluding tert-OH is 1. The summed E-state index contributed by atoms with van der Waals surface area (Å²) in [6.45, 7) is 0. The number of rotatable bonds is 6. The maximum absolute atomic E-state index is 14.3. The van der Waals surface area contributed by atoms with E-state index in [-0.39, 0.29) is 5.56 Å². The highest BCUT2D eigenvalue weighted by Gasteiger charge is 2.22. The van der Waals surface area contributed by atoms with Crippen molar-refractivity contribution in [3.8, 4) is 22.6 Å². The number of methoxy groups -OCH3 is 2. The zero-order valence-electron chi connectivity index (χ0n) is 15.7. The Morgan fingerprint density at radius 1 is 0.857 bits per heavy atom. The molecule has 0 aliphatic rings. The Labute approximate surface area is 166 Å². The lowest BCUT2D eigenvalue weighted by atomic mass is 9.92. The van der Waals surface area contributed by atoms with Crippen molar-refractivity contribution in [2.24, 2.45) is 0 Å². The van der Waals surface area contributed by atoms with Crippen molar-refractivity contribution in [2.45, 2.75) is 11.0 Å². The van der Waals surface area contributed by atoms with Gasteiger partial charge in [-0.2, -0.15) is 0 Å². The van der Waals surface area contributed by atoms with E-state index in [1.165, 1.54) is 20.3 Å². The van der Waals surface area contributed by atoms with Gasteiger partial charge in [-0.1, -0.05) is 18.2 Å². The Kier molecular flexibility index (Phi) is 6.21. The molecule has 0 amide bonds. The minimum absolute atomic E-state index is 0.0180. The summed E-state index contributed by atoms with van der Waals surface area (Å²) in [6, 6.07) is 14.2. The van der Waals surface area contributed by atoms with E-state index in [0.29, 0.717) is 22.6 Å². The molecular weight excluding hydrogens is 382 g/mol. The number of aliphatic hydroxyl groups is 1. The fourth-order valence-corrected chi connectivity index (χ4v) is 3.44. The van der Waals surface area contributed by atoms with Gasteiger partial charge in [0, 0.05) is 16.5 Å². The van der Waals surface area contributed by atoms with Crippen LogP contribution in [0, 0.1) is 11.6 Å². The summed E-state index contributed by atoms with van der Waals surface area (Å²) in [6.07, 6.45) is 0.674. The van der Waals surface area contributed by atoms with Gasteiger partial charge in [-0.3, -0.25) is 0 Å². The first-order chi connectivity index (χ1) is 13.5. The van der Waals surface area contributed by atoms with Crippen LogP contribution in [-0.4, -0.2) is 25.6 Å². The monoisotopic (exact) mass is 402 g/mol. The van der Waals surface area contributed by atoms with Crippen LogP contribution in [0.1, 0.15) is 17.2 Å². The number of halogens is 2. The molecule has 0 aliphatic carbocycles. The van der Waals surface area contributed by atoms with Gasteiger partial charge in [-0.25, -0.2) is 8.78 Å². The summed E-state index contributed by atoms with van der Waals surface area (Å²) in [5.41, 5.74) is 1.91. The molecule has 0 fully saturated rings. The molecule has 0 radical (unpaired) electrons. The third kappa shape index (κ3) is 3.98. The fraction of sp³-hybridized carbons (Fsp3) is 0.182. The molecule has 3 aromatic rings. The molecular formula is C22H20F2O3S. The molecule has 6 heteroatoms. The molecule has 0 bridgehead atoms. The van der Waals surface area contributed by atoms with Crippen molar-refractivity contribution in [2.75, 3.05) is 20.5 Å². The predicted octanol–water partition coefficient (Wildman–Crippen LogP) is 5.45. The Morgan fingerprint density at radius 2 is 1.50 bits per heavy atom. The number of hydrogen-bond donors (Lipinski definition) is 1. The van der Waals surface area contributed by atoms with Gasteiger partial charge in [-0.15, -0.1) is 11.8 Å². The normalized spacial score (nSPS) is 11.9. The number of benzene rings is 3. The molecule has 0 aliphatic heterocycles. The molecule has 1 N–H and O–H groups in total. The smallest absolute Gasteiger partial charge is 0.161 e. The van der Waals surface area contributed by atoms with Crippen molar-refractivity contribution in [3.63, 3.8) is 0 Å². The highest BCUT2D eigenvalue weighted by atomic mass is 32.2. The van der Waals surface area contributed by atoms with Crippen molar-refractivity contribution in [3.05, 3.63) is 77.4 Å². The van der Waals surface area contributed by atoms with Gasteiger partial charge in [0.25, 0.3) is 0 Å². The van der Waals surface area contributed by atoms with Gasteiger partial charge in [-0.05, 0) is 53.3 Å². The summed E-state index contributed by atoms with van der Waals surface area (Å²) in [7, 11) is 3.01. The summed E-state index contributed by atoms with van der Waals surface area (Å²) < 4.78 is 38.3. The van der Waals surface area contributed by atoms with Crippen molar-refractivity contribution in [1.82, 2.24) is 0 Å². The van der Waals surface area contributed by atoms with E-state index in [2.05, 4.69) is 0 Å². The number of thioether (sulfide) groups is 1. The zero-order chi connectivity index (χ0) is 20.3. The molecule has 0 saturated carbocycles. The molecule has 0 aromatic heterocycles. The van der Waals surface area contributed by atoms with Gasteiger partial charge in [0.1, 0.15) is 17.7 Å². The molecule has 3 aromatic carbocycles. The Bertz CT molecular complexity index is 974. The average Bonchev–Trinajstić information content (AvgIpc) is 2.72. The average molecular weight is 402 g/mol. The fourth-order valence-electron chi connectivity index (χ4n) is 3.03. The minimum atomic E-state index is -1.31. The van der Waals surface area contributed by atoms with E-state index in [1.807, 2.05) is 30.5 Å². The first kappa shape index (κ1) is 20.2. The van der Waals surface area contributed by atoms with Gasteiger partial charge in [0.2, 0.25) is 0 Å².